The summed E-state index contributed by atoms with van der Waals surface area (Å²) in [6, 6.07) is 19.0. The summed E-state index contributed by atoms with van der Waals surface area (Å²) in [6.45, 7) is 3.95. The highest BCUT2D eigenvalue weighted by molar-refractivity contribution is 6.39. The Kier molecular flexibility index (Phi) is 6.07. The third kappa shape index (κ3) is 4.38. The van der Waals surface area contributed by atoms with Crippen LogP contribution in [-0.4, -0.2) is 25.6 Å². The zero-order valence-electron chi connectivity index (χ0n) is 15.9. The Morgan fingerprint density at radius 1 is 0.929 bits per heavy atom. The van der Waals surface area contributed by atoms with Gasteiger partial charge in [0.2, 0.25) is 0 Å². The fraction of sp³-hybridized carbons (Fsp3) is 0.227. The summed E-state index contributed by atoms with van der Waals surface area (Å²) in [4.78, 5) is 4.56. The molecule has 0 unspecified atom stereocenters. The van der Waals surface area contributed by atoms with E-state index in [2.05, 4.69) is 11.9 Å². The van der Waals surface area contributed by atoms with Crippen LogP contribution in [-0.2, 0) is 4.74 Å². The summed E-state index contributed by atoms with van der Waals surface area (Å²) in [7, 11) is 0. The second-order valence-electron chi connectivity index (χ2n) is 7.25. The number of rotatable bonds is 6. The maximum Gasteiger partial charge on any atom is 0.129 e. The van der Waals surface area contributed by atoms with Crippen molar-refractivity contribution in [1.82, 2.24) is 0 Å². The van der Waals surface area contributed by atoms with Crippen LogP contribution in [0.3, 0.4) is 0 Å². The fourth-order valence-electron chi connectivity index (χ4n) is 2.91. The van der Waals surface area contributed by atoms with Crippen molar-refractivity contribution in [3.63, 3.8) is 0 Å². The second kappa shape index (κ2) is 8.50. The Labute approximate surface area is 170 Å². The van der Waals surface area contributed by atoms with Crippen LogP contribution in [0.4, 0.5) is 0 Å². The number of nitrogens with two attached hydrogens (primary N) is 3. The number of nitrogens with zero attached hydrogens (tertiary/aromatic N) is 1. The van der Waals surface area contributed by atoms with E-state index in [9.17, 15) is 0 Å². The number of aliphatic imine (C=N–C) groups is 1. The van der Waals surface area contributed by atoms with Gasteiger partial charge in [0, 0.05) is 5.41 Å². The van der Waals surface area contributed by atoms with Crippen molar-refractivity contribution in [2.24, 2.45) is 27.6 Å². The smallest absolute Gasteiger partial charge is 0.129 e. The van der Waals surface area contributed by atoms with Gasteiger partial charge in [-0.1, -0.05) is 79.2 Å². The molecule has 1 saturated heterocycles. The zero-order valence-corrected chi connectivity index (χ0v) is 16.6. The van der Waals surface area contributed by atoms with Gasteiger partial charge in [-0.3, -0.25) is 4.99 Å². The van der Waals surface area contributed by atoms with Crippen molar-refractivity contribution in [3.8, 4) is 0 Å². The van der Waals surface area contributed by atoms with Crippen LogP contribution in [0.5, 0.6) is 0 Å². The van der Waals surface area contributed by atoms with Crippen LogP contribution >= 0.6 is 11.6 Å². The van der Waals surface area contributed by atoms with E-state index in [1.54, 1.807) is 0 Å². The summed E-state index contributed by atoms with van der Waals surface area (Å²) in [5.41, 5.74) is 22.0. The molecule has 0 saturated carbocycles. The van der Waals surface area contributed by atoms with E-state index in [1.165, 1.54) is 0 Å². The van der Waals surface area contributed by atoms with Gasteiger partial charge in [0.1, 0.15) is 5.84 Å². The fourth-order valence-corrected chi connectivity index (χ4v) is 3.21. The number of halogens is 1. The molecular weight excluding hydrogens is 372 g/mol. The molecule has 5 nitrogen and oxygen atoms in total. The molecule has 1 aliphatic rings. The largest absolute Gasteiger partial charge is 0.398 e. The van der Waals surface area contributed by atoms with E-state index in [0.29, 0.717) is 36.7 Å². The van der Waals surface area contributed by atoms with Gasteiger partial charge in [0.25, 0.3) is 0 Å². The van der Waals surface area contributed by atoms with Crippen molar-refractivity contribution >= 4 is 28.8 Å². The maximum atomic E-state index is 6.70. The molecule has 0 bridgehead atoms. The minimum Gasteiger partial charge on any atom is -0.398 e. The minimum atomic E-state index is -0.0155. The average molecular weight is 397 g/mol. The highest BCUT2D eigenvalue weighted by Crippen LogP contribution is 2.30. The topological polar surface area (TPSA) is 99.6 Å². The molecule has 146 valence electrons. The average Bonchev–Trinajstić information content (AvgIpc) is 2.71. The van der Waals surface area contributed by atoms with Crippen LogP contribution < -0.4 is 17.2 Å². The summed E-state index contributed by atoms with van der Waals surface area (Å²) in [6.07, 6.45) is 0. The second-order valence-corrected chi connectivity index (χ2v) is 7.63. The monoisotopic (exact) mass is 396 g/mol. The molecule has 0 amide bonds. The zero-order chi connectivity index (χ0) is 20.1. The molecule has 0 aliphatic carbocycles. The lowest BCUT2D eigenvalue weighted by atomic mass is 9.89. The first-order chi connectivity index (χ1) is 13.4. The molecule has 1 fully saturated rings. The summed E-state index contributed by atoms with van der Waals surface area (Å²) < 4.78 is 5.29. The Bertz CT molecular complexity index is 916. The molecule has 6 N–H and O–H groups in total. The Balaban J connectivity index is 2.08. The van der Waals surface area contributed by atoms with Crippen molar-refractivity contribution in [1.29, 1.82) is 0 Å². The van der Waals surface area contributed by atoms with Gasteiger partial charge < -0.3 is 21.9 Å². The normalized spacial score (nSPS) is 18.0. The number of benzene rings is 2. The number of hydrogen-bond acceptors (Lipinski definition) is 4. The Morgan fingerprint density at radius 3 is 1.89 bits per heavy atom. The van der Waals surface area contributed by atoms with Gasteiger partial charge in [-0.05, 0) is 11.1 Å². The van der Waals surface area contributed by atoms with Crippen LogP contribution in [0, 0.1) is 5.41 Å². The predicted octanol–water partition coefficient (Wildman–Crippen LogP) is 3.32. The molecule has 2 aromatic carbocycles. The standard InChI is InChI=1S/C22H25ClN4O/c1-22(13-28-14-22)12-27-21(26)17(19(24)15-8-4-2-5-9-15)18(23)20(25)16-10-6-3-7-11-16/h2-11H,12-14,24-25H2,1H3,(H2,26,27)/b19-17?,20-18+. The lowest BCUT2D eigenvalue weighted by Gasteiger charge is -2.36. The van der Waals surface area contributed by atoms with Crippen molar-refractivity contribution < 1.29 is 4.74 Å². The highest BCUT2D eigenvalue weighted by Gasteiger charge is 2.33. The van der Waals surface area contributed by atoms with Crippen molar-refractivity contribution in [2.75, 3.05) is 19.8 Å². The lowest BCUT2D eigenvalue weighted by Crippen LogP contribution is -2.42. The maximum absolute atomic E-state index is 6.70. The molecular formula is C22H25ClN4O. The lowest BCUT2D eigenvalue weighted by molar-refractivity contribution is -0.0944. The van der Waals surface area contributed by atoms with E-state index >= 15 is 0 Å². The highest BCUT2D eigenvalue weighted by atomic mass is 35.5. The first-order valence-electron chi connectivity index (χ1n) is 9.05. The summed E-state index contributed by atoms with van der Waals surface area (Å²) in [5.74, 6) is 0.262. The third-order valence-electron chi connectivity index (χ3n) is 4.68. The molecule has 6 heteroatoms. The molecule has 2 aromatic rings. The summed E-state index contributed by atoms with van der Waals surface area (Å²) in [5, 5.41) is 0.281. The number of amidine groups is 1. The molecule has 1 aliphatic heterocycles. The minimum absolute atomic E-state index is 0.0155. The van der Waals surface area contributed by atoms with Gasteiger partial charge in [-0.25, -0.2) is 0 Å². The van der Waals surface area contributed by atoms with Crippen molar-refractivity contribution in [2.45, 2.75) is 6.92 Å². The Hall–Kier alpha value is -2.76. The van der Waals surface area contributed by atoms with Gasteiger partial charge >= 0.3 is 0 Å². The molecule has 28 heavy (non-hydrogen) atoms. The third-order valence-corrected chi connectivity index (χ3v) is 5.08. The number of ether oxygens (including phenoxy) is 1. The van der Waals surface area contributed by atoms with Gasteiger partial charge in [-0.15, -0.1) is 0 Å². The van der Waals surface area contributed by atoms with Crippen LogP contribution in [0.25, 0.3) is 11.4 Å². The Morgan fingerprint density at radius 2 is 1.43 bits per heavy atom. The van der Waals surface area contributed by atoms with E-state index < -0.39 is 0 Å². The van der Waals surface area contributed by atoms with E-state index in [1.807, 2.05) is 60.7 Å². The van der Waals surface area contributed by atoms with Gasteiger partial charge in [0.15, 0.2) is 0 Å². The number of hydrogen-bond donors (Lipinski definition) is 3. The van der Waals surface area contributed by atoms with Crippen LogP contribution in [0.2, 0.25) is 0 Å². The van der Waals surface area contributed by atoms with E-state index in [-0.39, 0.29) is 16.3 Å². The first kappa shape index (κ1) is 20.0. The molecule has 0 atom stereocenters. The first-order valence-corrected chi connectivity index (χ1v) is 9.43. The van der Waals surface area contributed by atoms with E-state index in [0.717, 1.165) is 11.1 Å². The molecule has 0 aromatic heterocycles. The van der Waals surface area contributed by atoms with Gasteiger partial charge in [-0.2, -0.15) is 0 Å². The quantitative estimate of drug-likeness (QED) is 0.396. The molecule has 1 heterocycles. The molecule has 3 rings (SSSR count). The molecule has 0 radical (unpaired) electrons. The van der Waals surface area contributed by atoms with Gasteiger partial charge in [0.05, 0.1) is 41.8 Å². The van der Waals surface area contributed by atoms with Crippen LogP contribution in [0.15, 0.2) is 76.3 Å². The summed E-state index contributed by atoms with van der Waals surface area (Å²) >= 11 is 6.70. The SMILES string of the molecule is CC1(CN=C(N)C(=C(N)c2ccccc2)/C(Cl)=C(\N)c2ccccc2)COC1. The molecule has 0 spiro atoms. The van der Waals surface area contributed by atoms with Crippen LogP contribution in [0.1, 0.15) is 18.1 Å². The van der Waals surface area contributed by atoms with Crippen molar-refractivity contribution in [3.05, 3.63) is 82.4 Å². The predicted molar refractivity (Wildman–Crippen MR) is 116 cm³/mol. The van der Waals surface area contributed by atoms with E-state index in [4.69, 9.17) is 33.5 Å².